The maximum atomic E-state index is 13.2. The van der Waals surface area contributed by atoms with Crippen LogP contribution in [-0.2, 0) is 13.6 Å². The molecule has 0 radical (unpaired) electrons. The molecule has 1 saturated heterocycles. The number of ether oxygens (including phenoxy) is 1. The zero-order chi connectivity index (χ0) is 28.9. The van der Waals surface area contributed by atoms with Crippen molar-refractivity contribution in [3.8, 4) is 17.0 Å². The predicted molar refractivity (Wildman–Crippen MR) is 163 cm³/mol. The minimum Gasteiger partial charge on any atom is -0.476 e. The van der Waals surface area contributed by atoms with E-state index in [0.717, 1.165) is 31.1 Å². The van der Waals surface area contributed by atoms with Crippen LogP contribution in [0.5, 0.6) is 5.88 Å². The highest BCUT2D eigenvalue weighted by Gasteiger charge is 2.17. The molecule has 4 heterocycles. The van der Waals surface area contributed by atoms with Gasteiger partial charge < -0.3 is 21.1 Å². The Bertz CT molecular complexity index is 1630. The zero-order valence-electron chi connectivity index (χ0n) is 22.2. The molecule has 0 unspecified atom stereocenters. The van der Waals surface area contributed by atoms with Crippen molar-refractivity contribution in [3.05, 3.63) is 68.7 Å². The SMILES string of the molecule is Cn1c(=O)c(-c2c(Cl)cccc2Cl)cc2cnc(Nc3cnc(OCCN4CCSCC4)c(CNC(N)=O)c3)nc21. The van der Waals surface area contributed by atoms with E-state index in [2.05, 4.69) is 30.5 Å². The van der Waals surface area contributed by atoms with E-state index in [9.17, 15) is 9.59 Å². The quantitative estimate of drug-likeness (QED) is 0.255. The van der Waals surface area contributed by atoms with Gasteiger partial charge in [-0.05, 0) is 24.3 Å². The number of urea groups is 1. The molecule has 0 spiro atoms. The molecule has 1 fully saturated rings. The van der Waals surface area contributed by atoms with Crippen molar-refractivity contribution in [1.29, 1.82) is 0 Å². The normalized spacial score (nSPS) is 13.7. The fourth-order valence-corrected chi connectivity index (χ4v) is 6.05. The van der Waals surface area contributed by atoms with Crippen LogP contribution in [-0.4, -0.2) is 68.2 Å². The van der Waals surface area contributed by atoms with Gasteiger partial charge in [-0.15, -0.1) is 0 Å². The number of hydrogen-bond donors (Lipinski definition) is 3. The van der Waals surface area contributed by atoms with Crippen molar-refractivity contribution in [1.82, 2.24) is 29.7 Å². The number of nitrogens with one attached hydrogen (secondary N) is 2. The Balaban J connectivity index is 1.38. The van der Waals surface area contributed by atoms with Gasteiger partial charge in [0, 0.05) is 67.4 Å². The largest absolute Gasteiger partial charge is 0.476 e. The zero-order valence-corrected chi connectivity index (χ0v) is 24.5. The third-order valence-corrected chi connectivity index (χ3v) is 8.14. The van der Waals surface area contributed by atoms with Crippen LogP contribution in [0.25, 0.3) is 22.2 Å². The number of halogens is 2. The van der Waals surface area contributed by atoms with E-state index in [-0.39, 0.29) is 18.1 Å². The highest BCUT2D eigenvalue weighted by atomic mass is 35.5. The molecule has 41 heavy (non-hydrogen) atoms. The van der Waals surface area contributed by atoms with Crippen molar-refractivity contribution in [2.45, 2.75) is 6.54 Å². The second kappa shape index (κ2) is 12.9. The van der Waals surface area contributed by atoms with E-state index >= 15 is 0 Å². The maximum absolute atomic E-state index is 13.2. The maximum Gasteiger partial charge on any atom is 0.312 e. The van der Waals surface area contributed by atoms with Gasteiger partial charge in [0.15, 0.2) is 0 Å². The first-order valence-corrected chi connectivity index (χ1v) is 14.7. The summed E-state index contributed by atoms with van der Waals surface area (Å²) in [6.07, 6.45) is 3.20. The Hall–Kier alpha value is -3.58. The third kappa shape index (κ3) is 6.84. The van der Waals surface area contributed by atoms with E-state index in [0.29, 0.717) is 55.9 Å². The molecule has 0 atom stereocenters. The number of hydrogen-bond acceptors (Lipinski definition) is 9. The van der Waals surface area contributed by atoms with Crippen LogP contribution < -0.4 is 26.7 Å². The van der Waals surface area contributed by atoms with Gasteiger partial charge in [-0.1, -0.05) is 29.3 Å². The number of aromatic nitrogens is 4. The highest BCUT2D eigenvalue weighted by Crippen LogP contribution is 2.34. The van der Waals surface area contributed by atoms with Crippen molar-refractivity contribution < 1.29 is 9.53 Å². The minimum atomic E-state index is -0.656. The molecule has 1 aromatic carbocycles. The van der Waals surface area contributed by atoms with E-state index in [4.69, 9.17) is 33.7 Å². The van der Waals surface area contributed by atoms with Gasteiger partial charge in [0.1, 0.15) is 12.3 Å². The molecule has 2 amide bonds. The smallest absolute Gasteiger partial charge is 0.312 e. The summed E-state index contributed by atoms with van der Waals surface area (Å²) in [6.45, 7) is 3.46. The lowest BCUT2D eigenvalue weighted by molar-refractivity contribution is 0.216. The molecule has 4 aromatic rings. The first kappa shape index (κ1) is 28.9. The molecule has 1 aliphatic heterocycles. The number of benzene rings is 1. The van der Waals surface area contributed by atoms with Crippen LogP contribution in [0.15, 0.2) is 47.5 Å². The topological polar surface area (TPSA) is 140 Å². The van der Waals surface area contributed by atoms with Crippen LogP contribution >= 0.6 is 35.0 Å². The monoisotopic (exact) mass is 614 g/mol. The average Bonchev–Trinajstić information content (AvgIpc) is 2.96. The van der Waals surface area contributed by atoms with E-state index in [1.807, 2.05) is 11.8 Å². The lowest BCUT2D eigenvalue weighted by atomic mass is 10.1. The van der Waals surface area contributed by atoms with Crippen molar-refractivity contribution in [2.24, 2.45) is 12.8 Å². The minimum absolute atomic E-state index is 0.133. The Morgan fingerprint density at radius 1 is 1.15 bits per heavy atom. The lowest BCUT2D eigenvalue weighted by Crippen LogP contribution is -2.35. The van der Waals surface area contributed by atoms with Gasteiger partial charge in [0.25, 0.3) is 5.56 Å². The molecule has 4 N–H and O–H groups in total. The number of primary amides is 1. The van der Waals surface area contributed by atoms with E-state index in [1.165, 1.54) is 4.57 Å². The number of thioether (sulfide) groups is 1. The van der Waals surface area contributed by atoms with Gasteiger partial charge in [-0.3, -0.25) is 14.3 Å². The van der Waals surface area contributed by atoms with Crippen molar-refractivity contribution >= 4 is 63.7 Å². The molecule has 3 aromatic heterocycles. The van der Waals surface area contributed by atoms with Gasteiger partial charge in [-0.25, -0.2) is 14.8 Å². The number of anilines is 2. The highest BCUT2D eigenvalue weighted by molar-refractivity contribution is 7.99. The van der Waals surface area contributed by atoms with Gasteiger partial charge in [0.2, 0.25) is 11.8 Å². The molecule has 214 valence electrons. The van der Waals surface area contributed by atoms with E-state index < -0.39 is 6.03 Å². The summed E-state index contributed by atoms with van der Waals surface area (Å²) in [5, 5.41) is 7.08. The number of carbonyl (C=O) groups is 1. The number of amides is 2. The summed E-state index contributed by atoms with van der Waals surface area (Å²) in [5.74, 6) is 2.90. The number of pyridine rings is 2. The second-order valence-electron chi connectivity index (χ2n) is 9.32. The molecule has 5 rings (SSSR count). The van der Waals surface area contributed by atoms with Crippen LogP contribution in [0.1, 0.15) is 5.56 Å². The number of fused-ring (bicyclic) bond motifs is 1. The number of aryl methyl sites for hydroxylation is 1. The third-order valence-electron chi connectivity index (χ3n) is 6.57. The fourth-order valence-electron chi connectivity index (χ4n) is 4.47. The van der Waals surface area contributed by atoms with Crippen molar-refractivity contribution in [2.75, 3.05) is 43.1 Å². The number of nitrogens with two attached hydrogens (primary N) is 1. The molecule has 14 heteroatoms. The van der Waals surface area contributed by atoms with Gasteiger partial charge in [0.05, 0.1) is 27.5 Å². The molecular formula is C27H28Cl2N8O3S. The summed E-state index contributed by atoms with van der Waals surface area (Å²) in [6, 6.07) is 7.89. The molecule has 0 saturated carbocycles. The molecular weight excluding hydrogens is 587 g/mol. The Morgan fingerprint density at radius 2 is 1.90 bits per heavy atom. The van der Waals surface area contributed by atoms with Crippen LogP contribution in [0, 0.1) is 0 Å². The van der Waals surface area contributed by atoms with Crippen LogP contribution in [0.2, 0.25) is 10.0 Å². The van der Waals surface area contributed by atoms with E-state index in [1.54, 1.807) is 49.8 Å². The predicted octanol–water partition coefficient (Wildman–Crippen LogP) is 4.04. The Labute approximate surface area is 250 Å². The molecule has 0 bridgehead atoms. The first-order valence-electron chi connectivity index (χ1n) is 12.8. The summed E-state index contributed by atoms with van der Waals surface area (Å²) >= 11 is 14.7. The number of nitrogens with zero attached hydrogens (tertiary/aromatic N) is 5. The van der Waals surface area contributed by atoms with Crippen LogP contribution in [0.3, 0.4) is 0 Å². The molecule has 0 aliphatic carbocycles. The van der Waals surface area contributed by atoms with Gasteiger partial charge >= 0.3 is 6.03 Å². The first-order chi connectivity index (χ1) is 19.8. The number of rotatable bonds is 9. The summed E-state index contributed by atoms with van der Waals surface area (Å²) in [4.78, 5) is 40.4. The summed E-state index contributed by atoms with van der Waals surface area (Å²) in [7, 11) is 1.62. The average molecular weight is 616 g/mol. The summed E-state index contributed by atoms with van der Waals surface area (Å²) < 4.78 is 7.39. The Morgan fingerprint density at radius 3 is 2.63 bits per heavy atom. The molecule has 1 aliphatic rings. The molecule has 11 nitrogen and oxygen atoms in total. The van der Waals surface area contributed by atoms with Crippen LogP contribution in [0.4, 0.5) is 16.4 Å². The van der Waals surface area contributed by atoms with Gasteiger partial charge in [-0.2, -0.15) is 16.7 Å². The number of carbonyl (C=O) groups excluding carboxylic acids is 1. The lowest BCUT2D eigenvalue weighted by Gasteiger charge is -2.26. The van der Waals surface area contributed by atoms with Crippen molar-refractivity contribution in [3.63, 3.8) is 0 Å². The Kier molecular flexibility index (Phi) is 9.13. The standard InChI is InChI=1S/C27H28Cl2N8O3S/c1-36-23-16(12-19(25(36)38)22-20(28)3-2-4-21(22)29)13-33-27(35-23)34-18-11-17(14-32-26(30)39)24(31-15-18)40-8-5-37-6-9-41-10-7-37/h2-4,11-13,15H,5-10,14H2,1H3,(H3,30,32,39)(H,33,34,35). The second-order valence-corrected chi connectivity index (χ2v) is 11.4. The summed E-state index contributed by atoms with van der Waals surface area (Å²) in [5.41, 5.74) is 7.42. The fraction of sp³-hybridized carbons (Fsp3) is 0.296.